The van der Waals surface area contributed by atoms with Gasteiger partial charge in [-0.2, -0.15) is 0 Å². The molecule has 0 spiro atoms. The zero-order chi connectivity index (χ0) is 15.6. The number of nitrogens with one attached hydrogen (secondary N) is 1. The van der Waals surface area contributed by atoms with E-state index in [1.54, 1.807) is 24.5 Å². The van der Waals surface area contributed by atoms with Gasteiger partial charge >= 0.3 is 0 Å². The second kappa shape index (κ2) is 5.89. The van der Waals surface area contributed by atoms with Crippen LogP contribution < -0.4 is 5.32 Å². The summed E-state index contributed by atoms with van der Waals surface area (Å²) in [5.74, 6) is 1.06. The molecule has 4 rings (SSSR count). The predicted octanol–water partition coefficient (Wildman–Crippen LogP) is 2.69. The topological polar surface area (TPSA) is 71.7 Å². The highest BCUT2D eigenvalue weighted by Crippen LogP contribution is 2.34. The number of benzene rings is 1. The van der Waals surface area contributed by atoms with E-state index >= 15 is 0 Å². The molecular weight excluding hydrogens is 292 g/mol. The average molecular weight is 310 g/mol. The normalized spacial score (nSPS) is 17.7. The third kappa shape index (κ3) is 2.61. The maximum absolute atomic E-state index is 10.2. The van der Waals surface area contributed by atoms with Gasteiger partial charge in [0.15, 0.2) is 5.65 Å². The number of phenols is 1. The van der Waals surface area contributed by atoms with Crippen LogP contribution in [0.15, 0.2) is 42.9 Å². The van der Waals surface area contributed by atoms with Crippen LogP contribution in [0.2, 0.25) is 0 Å². The lowest BCUT2D eigenvalue weighted by molar-refractivity contribution is 0.120. The second-order valence-corrected chi connectivity index (χ2v) is 5.65. The number of hydrogen-bond acceptors (Lipinski definition) is 5. The summed E-state index contributed by atoms with van der Waals surface area (Å²) < 4.78 is 7.63. The van der Waals surface area contributed by atoms with E-state index in [1.165, 1.54) is 0 Å². The quantitative estimate of drug-likeness (QED) is 0.775. The molecular formula is C17H18N4O2. The van der Waals surface area contributed by atoms with Crippen molar-refractivity contribution in [2.75, 3.05) is 18.5 Å². The molecule has 6 nitrogen and oxygen atoms in total. The van der Waals surface area contributed by atoms with E-state index in [1.807, 2.05) is 22.7 Å². The van der Waals surface area contributed by atoms with Crippen LogP contribution >= 0.6 is 0 Å². The van der Waals surface area contributed by atoms with Crippen molar-refractivity contribution < 1.29 is 9.84 Å². The van der Waals surface area contributed by atoms with Gasteiger partial charge in [-0.3, -0.25) is 9.38 Å². The summed E-state index contributed by atoms with van der Waals surface area (Å²) in [5, 5.41) is 13.6. The zero-order valence-corrected chi connectivity index (χ0v) is 12.6. The van der Waals surface area contributed by atoms with Gasteiger partial charge in [-0.25, -0.2) is 4.98 Å². The SMILES string of the molecule is Oc1ccccc1-c1nc2cnccn2c1NCC1CCCO1. The fourth-order valence-corrected chi connectivity index (χ4v) is 2.95. The minimum atomic E-state index is 0.212. The number of aromatic nitrogens is 3. The number of anilines is 1. The third-order valence-corrected chi connectivity index (χ3v) is 4.11. The molecule has 0 bridgehead atoms. The van der Waals surface area contributed by atoms with Crippen LogP contribution in [0.1, 0.15) is 12.8 Å². The second-order valence-electron chi connectivity index (χ2n) is 5.65. The summed E-state index contributed by atoms with van der Waals surface area (Å²) in [7, 11) is 0. The Morgan fingerprint density at radius 2 is 2.26 bits per heavy atom. The largest absolute Gasteiger partial charge is 0.507 e. The molecule has 118 valence electrons. The van der Waals surface area contributed by atoms with E-state index in [4.69, 9.17) is 4.74 Å². The number of phenolic OH excluding ortho intramolecular Hbond substituents is 1. The van der Waals surface area contributed by atoms with Crippen molar-refractivity contribution in [3.05, 3.63) is 42.9 Å². The van der Waals surface area contributed by atoms with Crippen molar-refractivity contribution in [1.82, 2.24) is 14.4 Å². The lowest BCUT2D eigenvalue weighted by Gasteiger charge is -2.13. The van der Waals surface area contributed by atoms with Crippen LogP contribution in [0.3, 0.4) is 0 Å². The van der Waals surface area contributed by atoms with E-state index in [0.29, 0.717) is 11.3 Å². The summed E-state index contributed by atoms with van der Waals surface area (Å²) in [5.41, 5.74) is 2.15. The van der Waals surface area contributed by atoms with Crippen molar-refractivity contribution in [2.45, 2.75) is 18.9 Å². The molecule has 3 heterocycles. The highest BCUT2D eigenvalue weighted by Gasteiger charge is 2.20. The molecule has 0 saturated carbocycles. The van der Waals surface area contributed by atoms with Gasteiger partial charge in [0.1, 0.15) is 17.3 Å². The van der Waals surface area contributed by atoms with Crippen LogP contribution in [0.5, 0.6) is 5.75 Å². The van der Waals surface area contributed by atoms with Crippen LogP contribution in [-0.4, -0.2) is 38.7 Å². The number of hydrogen-bond donors (Lipinski definition) is 2. The molecule has 1 unspecified atom stereocenters. The van der Waals surface area contributed by atoms with E-state index < -0.39 is 0 Å². The molecule has 2 aromatic heterocycles. The molecule has 0 aliphatic carbocycles. The van der Waals surface area contributed by atoms with Crippen molar-refractivity contribution in [2.24, 2.45) is 0 Å². The Hall–Kier alpha value is -2.60. The molecule has 1 aromatic carbocycles. The molecule has 6 heteroatoms. The number of para-hydroxylation sites is 1. The highest BCUT2D eigenvalue weighted by molar-refractivity contribution is 5.79. The van der Waals surface area contributed by atoms with E-state index in [9.17, 15) is 5.11 Å². The summed E-state index contributed by atoms with van der Waals surface area (Å²) in [6.07, 6.45) is 7.69. The number of rotatable bonds is 4. The van der Waals surface area contributed by atoms with Gasteiger partial charge in [0.05, 0.1) is 12.3 Å². The standard InChI is InChI=1S/C17H18N4O2/c22-14-6-2-1-5-13(14)16-17(19-10-12-4-3-9-23-12)21-8-7-18-11-15(21)20-16/h1-2,5-8,11-12,19,22H,3-4,9-10H2. The molecule has 1 aliphatic rings. The Kier molecular flexibility index (Phi) is 3.59. The molecule has 1 atom stereocenters. The molecule has 1 fully saturated rings. The Balaban J connectivity index is 1.76. The summed E-state index contributed by atoms with van der Waals surface area (Å²) in [4.78, 5) is 8.75. The van der Waals surface area contributed by atoms with Crippen LogP contribution in [0.25, 0.3) is 16.9 Å². The smallest absolute Gasteiger partial charge is 0.157 e. The van der Waals surface area contributed by atoms with Gasteiger partial charge in [-0.05, 0) is 25.0 Å². The summed E-state index contributed by atoms with van der Waals surface area (Å²) >= 11 is 0. The van der Waals surface area contributed by atoms with Gasteiger partial charge in [0.25, 0.3) is 0 Å². The number of ether oxygens (including phenoxy) is 1. The minimum absolute atomic E-state index is 0.212. The van der Waals surface area contributed by atoms with Crippen molar-refractivity contribution in [3.63, 3.8) is 0 Å². The highest BCUT2D eigenvalue weighted by atomic mass is 16.5. The summed E-state index contributed by atoms with van der Waals surface area (Å²) in [6.45, 7) is 1.55. The van der Waals surface area contributed by atoms with Crippen LogP contribution in [0, 0.1) is 0 Å². The van der Waals surface area contributed by atoms with Gasteiger partial charge in [0, 0.05) is 31.1 Å². The van der Waals surface area contributed by atoms with Crippen molar-refractivity contribution in [3.8, 4) is 17.0 Å². The van der Waals surface area contributed by atoms with Gasteiger partial charge in [0.2, 0.25) is 0 Å². The van der Waals surface area contributed by atoms with Gasteiger partial charge < -0.3 is 15.2 Å². The first kappa shape index (κ1) is 14.0. The first-order valence-corrected chi connectivity index (χ1v) is 7.79. The van der Waals surface area contributed by atoms with Crippen molar-refractivity contribution >= 4 is 11.5 Å². The monoisotopic (exact) mass is 310 g/mol. The van der Waals surface area contributed by atoms with Crippen LogP contribution in [-0.2, 0) is 4.74 Å². The molecule has 2 N–H and O–H groups in total. The lowest BCUT2D eigenvalue weighted by atomic mass is 10.1. The Labute approximate surface area is 133 Å². The number of aromatic hydroxyl groups is 1. The molecule has 23 heavy (non-hydrogen) atoms. The fraction of sp³-hybridized carbons (Fsp3) is 0.294. The van der Waals surface area contributed by atoms with Gasteiger partial charge in [-0.1, -0.05) is 12.1 Å². The Morgan fingerprint density at radius 1 is 1.35 bits per heavy atom. The fourth-order valence-electron chi connectivity index (χ4n) is 2.95. The predicted molar refractivity (Wildman–Crippen MR) is 87.6 cm³/mol. The van der Waals surface area contributed by atoms with Crippen molar-refractivity contribution in [1.29, 1.82) is 0 Å². The molecule has 0 amide bonds. The number of imidazole rings is 1. The Morgan fingerprint density at radius 3 is 3.09 bits per heavy atom. The van der Waals surface area contributed by atoms with E-state index in [2.05, 4.69) is 15.3 Å². The molecule has 1 saturated heterocycles. The maximum atomic E-state index is 10.2. The van der Waals surface area contributed by atoms with E-state index in [0.717, 1.165) is 37.5 Å². The Bertz CT molecular complexity index is 824. The molecule has 1 aliphatic heterocycles. The average Bonchev–Trinajstić information content (AvgIpc) is 3.21. The minimum Gasteiger partial charge on any atom is -0.507 e. The summed E-state index contributed by atoms with van der Waals surface area (Å²) in [6, 6.07) is 7.22. The maximum Gasteiger partial charge on any atom is 0.157 e. The number of fused-ring (bicyclic) bond motifs is 1. The van der Waals surface area contributed by atoms with E-state index in [-0.39, 0.29) is 11.9 Å². The number of nitrogens with zero attached hydrogens (tertiary/aromatic N) is 3. The van der Waals surface area contributed by atoms with Crippen LogP contribution in [0.4, 0.5) is 5.82 Å². The lowest BCUT2D eigenvalue weighted by Crippen LogP contribution is -2.19. The molecule has 3 aromatic rings. The third-order valence-electron chi connectivity index (χ3n) is 4.11. The van der Waals surface area contributed by atoms with Gasteiger partial charge in [-0.15, -0.1) is 0 Å². The molecule has 0 radical (unpaired) electrons. The first-order valence-electron chi connectivity index (χ1n) is 7.79. The zero-order valence-electron chi connectivity index (χ0n) is 12.6. The first-order chi connectivity index (χ1) is 11.3.